The van der Waals surface area contributed by atoms with Crippen LogP contribution in [0.5, 0.6) is 0 Å². The molecule has 2 amide bonds. The first-order chi connectivity index (χ1) is 8.15. The van der Waals surface area contributed by atoms with E-state index in [1.54, 1.807) is 19.1 Å². The summed E-state index contributed by atoms with van der Waals surface area (Å²) in [5, 5.41) is 20.0. The Morgan fingerprint density at radius 1 is 1.71 bits per heavy atom. The van der Waals surface area contributed by atoms with Crippen molar-refractivity contribution in [3.8, 4) is 0 Å². The number of aromatic nitrogens is 1. The third-order valence-electron chi connectivity index (χ3n) is 2.10. The summed E-state index contributed by atoms with van der Waals surface area (Å²) in [5.41, 5.74) is 3.70. The van der Waals surface area contributed by atoms with E-state index in [4.69, 9.17) is 0 Å². The zero-order valence-electron chi connectivity index (χ0n) is 9.20. The van der Waals surface area contributed by atoms with Gasteiger partial charge in [0, 0.05) is 6.07 Å². The molecule has 1 N–H and O–H groups in total. The normalized spacial score (nSPS) is 15.9. The van der Waals surface area contributed by atoms with Gasteiger partial charge in [-0.05, 0) is 13.0 Å². The van der Waals surface area contributed by atoms with Crippen molar-refractivity contribution in [1.29, 1.82) is 0 Å². The van der Waals surface area contributed by atoms with Crippen LogP contribution in [0.15, 0.2) is 34.7 Å². The lowest BCUT2D eigenvalue weighted by Crippen LogP contribution is -2.42. The monoisotopic (exact) mass is 233 g/mol. The van der Waals surface area contributed by atoms with Gasteiger partial charge in [-0.15, -0.1) is 0 Å². The first kappa shape index (κ1) is 11.1. The summed E-state index contributed by atoms with van der Waals surface area (Å²) in [4.78, 5) is 11.4. The standard InChI is InChI=1S/C10H11N5O2/c1-8-6-15(10(16)13-12-8)11-5-9-3-2-4-14(17)7-9/h2-5,7H,6H2,1H3,(H,13,16). The number of pyridine rings is 1. The summed E-state index contributed by atoms with van der Waals surface area (Å²) in [6.45, 7) is 2.13. The van der Waals surface area contributed by atoms with Crippen molar-refractivity contribution in [2.75, 3.05) is 6.54 Å². The highest BCUT2D eigenvalue weighted by molar-refractivity contribution is 5.92. The molecule has 0 aromatic carbocycles. The summed E-state index contributed by atoms with van der Waals surface area (Å²) < 4.78 is 0.671. The van der Waals surface area contributed by atoms with Crippen molar-refractivity contribution >= 4 is 18.0 Å². The Hall–Kier alpha value is -2.44. The Morgan fingerprint density at radius 2 is 2.53 bits per heavy atom. The van der Waals surface area contributed by atoms with Crippen LogP contribution in [0.3, 0.4) is 0 Å². The molecular weight excluding hydrogens is 222 g/mol. The molecule has 0 saturated carbocycles. The molecule has 0 radical (unpaired) electrons. The number of nitrogens with one attached hydrogen (secondary N) is 1. The fourth-order valence-corrected chi connectivity index (χ4v) is 1.30. The molecule has 2 heterocycles. The fraction of sp³-hybridized carbons (Fsp3) is 0.200. The third-order valence-corrected chi connectivity index (χ3v) is 2.10. The number of carbonyl (C=O) groups excluding carboxylic acids is 1. The molecule has 17 heavy (non-hydrogen) atoms. The lowest BCUT2D eigenvalue weighted by atomic mass is 10.3. The fourth-order valence-electron chi connectivity index (χ4n) is 1.30. The van der Waals surface area contributed by atoms with Gasteiger partial charge in [-0.25, -0.2) is 15.2 Å². The number of hydrazone groups is 2. The summed E-state index contributed by atoms with van der Waals surface area (Å²) in [7, 11) is 0. The van der Waals surface area contributed by atoms with Crippen molar-refractivity contribution in [3.63, 3.8) is 0 Å². The molecule has 1 aliphatic heterocycles. The molecule has 0 spiro atoms. The summed E-state index contributed by atoms with van der Waals surface area (Å²) in [6, 6.07) is 2.94. The van der Waals surface area contributed by atoms with Gasteiger partial charge in [0.25, 0.3) is 0 Å². The van der Waals surface area contributed by atoms with Gasteiger partial charge >= 0.3 is 6.03 Å². The molecule has 0 atom stereocenters. The second kappa shape index (κ2) is 4.60. The Bertz CT molecular complexity index is 497. The van der Waals surface area contributed by atoms with Crippen LogP contribution in [-0.4, -0.2) is 29.5 Å². The maximum Gasteiger partial charge on any atom is 0.358 e. The van der Waals surface area contributed by atoms with Crippen molar-refractivity contribution in [2.24, 2.45) is 10.2 Å². The molecule has 7 nitrogen and oxygen atoms in total. The van der Waals surface area contributed by atoms with E-state index in [-0.39, 0.29) is 0 Å². The second-order valence-corrected chi connectivity index (χ2v) is 3.56. The maximum absolute atomic E-state index is 11.4. The SMILES string of the molecule is CC1=NNC(=O)N(N=Cc2ccc[n+]([O-])c2)C1. The van der Waals surface area contributed by atoms with E-state index >= 15 is 0 Å². The first-order valence-electron chi connectivity index (χ1n) is 4.98. The smallest absolute Gasteiger partial charge is 0.358 e. The van der Waals surface area contributed by atoms with Crippen LogP contribution < -0.4 is 10.2 Å². The van der Waals surface area contributed by atoms with Gasteiger partial charge < -0.3 is 5.21 Å². The van der Waals surface area contributed by atoms with Crippen LogP contribution in [-0.2, 0) is 0 Å². The van der Waals surface area contributed by atoms with Gasteiger partial charge in [0.15, 0.2) is 12.4 Å². The minimum atomic E-state index is -0.391. The number of nitrogens with zero attached hydrogens (tertiary/aromatic N) is 4. The van der Waals surface area contributed by atoms with Gasteiger partial charge in [0.05, 0.1) is 24.0 Å². The van der Waals surface area contributed by atoms with Gasteiger partial charge in [0.1, 0.15) is 0 Å². The van der Waals surface area contributed by atoms with E-state index in [9.17, 15) is 10.0 Å². The van der Waals surface area contributed by atoms with Crippen molar-refractivity contribution < 1.29 is 9.52 Å². The van der Waals surface area contributed by atoms with Crippen molar-refractivity contribution in [2.45, 2.75) is 6.92 Å². The topological polar surface area (TPSA) is 84.0 Å². The summed E-state index contributed by atoms with van der Waals surface area (Å²) in [6.07, 6.45) is 4.20. The van der Waals surface area contributed by atoms with Gasteiger partial charge in [0.2, 0.25) is 0 Å². The minimum Gasteiger partial charge on any atom is -0.619 e. The Balaban J connectivity index is 2.10. The van der Waals surface area contributed by atoms with Crippen LogP contribution in [0.2, 0.25) is 0 Å². The Labute approximate surface area is 97.6 Å². The molecule has 0 fully saturated rings. The molecule has 88 valence electrons. The van der Waals surface area contributed by atoms with Crippen LogP contribution in [0.4, 0.5) is 4.79 Å². The predicted octanol–water partition coefficient (Wildman–Crippen LogP) is 0.0550. The molecular formula is C10H11N5O2. The molecule has 2 rings (SSSR count). The molecule has 0 saturated heterocycles. The zero-order chi connectivity index (χ0) is 12.3. The Morgan fingerprint density at radius 3 is 3.29 bits per heavy atom. The zero-order valence-corrected chi connectivity index (χ0v) is 9.20. The van der Waals surface area contributed by atoms with E-state index in [0.29, 0.717) is 16.8 Å². The maximum atomic E-state index is 11.4. The van der Waals surface area contributed by atoms with E-state index in [2.05, 4.69) is 15.6 Å². The molecule has 7 heteroatoms. The van der Waals surface area contributed by atoms with Gasteiger partial charge in [-0.1, -0.05) is 0 Å². The quantitative estimate of drug-likeness (QED) is 0.445. The van der Waals surface area contributed by atoms with Crippen molar-refractivity contribution in [1.82, 2.24) is 10.4 Å². The molecule has 1 aromatic heterocycles. The predicted molar refractivity (Wildman–Crippen MR) is 61.3 cm³/mol. The number of carbonyl (C=O) groups is 1. The van der Waals surface area contributed by atoms with Gasteiger partial charge in [-0.2, -0.15) is 14.9 Å². The van der Waals surface area contributed by atoms with E-state index in [1.165, 1.54) is 23.6 Å². The molecule has 0 aliphatic carbocycles. The second-order valence-electron chi connectivity index (χ2n) is 3.56. The number of urea groups is 1. The van der Waals surface area contributed by atoms with Crippen LogP contribution in [0.1, 0.15) is 12.5 Å². The highest BCUT2D eigenvalue weighted by atomic mass is 16.5. The van der Waals surface area contributed by atoms with Gasteiger partial charge in [-0.3, -0.25) is 0 Å². The average Bonchev–Trinajstić information content (AvgIpc) is 2.30. The molecule has 1 aliphatic rings. The highest BCUT2D eigenvalue weighted by Crippen LogP contribution is 1.99. The number of amides is 2. The minimum absolute atomic E-state index is 0.340. The average molecular weight is 233 g/mol. The number of hydrogen-bond acceptors (Lipinski definition) is 4. The highest BCUT2D eigenvalue weighted by Gasteiger charge is 2.17. The molecule has 0 bridgehead atoms. The van der Waals surface area contributed by atoms with Crippen LogP contribution in [0.25, 0.3) is 0 Å². The summed E-state index contributed by atoms with van der Waals surface area (Å²) >= 11 is 0. The largest absolute Gasteiger partial charge is 0.619 e. The Kier molecular flexibility index (Phi) is 2.99. The number of hydrogen-bond donors (Lipinski definition) is 1. The summed E-state index contributed by atoms with van der Waals surface area (Å²) in [5.74, 6) is 0. The lowest BCUT2D eigenvalue weighted by Gasteiger charge is -2.20. The number of rotatable bonds is 2. The molecule has 0 unspecified atom stereocenters. The van der Waals surface area contributed by atoms with Crippen LogP contribution in [0, 0.1) is 5.21 Å². The first-order valence-corrected chi connectivity index (χ1v) is 4.98. The van der Waals surface area contributed by atoms with Crippen LogP contribution >= 0.6 is 0 Å². The third kappa shape index (κ3) is 2.77. The van der Waals surface area contributed by atoms with E-state index in [0.717, 1.165) is 5.71 Å². The van der Waals surface area contributed by atoms with Crippen molar-refractivity contribution in [3.05, 3.63) is 35.3 Å². The lowest BCUT2D eigenvalue weighted by molar-refractivity contribution is -0.605. The van der Waals surface area contributed by atoms with E-state index < -0.39 is 6.03 Å². The molecule has 1 aromatic rings. The van der Waals surface area contributed by atoms with E-state index in [1.807, 2.05) is 0 Å².